The first kappa shape index (κ1) is 12.8. The summed E-state index contributed by atoms with van der Waals surface area (Å²) in [6, 6.07) is 5.29. The quantitative estimate of drug-likeness (QED) is 0.750. The lowest BCUT2D eigenvalue weighted by molar-refractivity contribution is 0.120. The van der Waals surface area contributed by atoms with Crippen LogP contribution in [0.2, 0.25) is 5.02 Å². The fourth-order valence-electron chi connectivity index (χ4n) is 1.04. The lowest BCUT2D eigenvalue weighted by Crippen LogP contribution is -2.22. The summed E-state index contributed by atoms with van der Waals surface area (Å²) in [6.45, 7) is 3.00. The van der Waals surface area contributed by atoms with Gasteiger partial charge in [0, 0.05) is 15.9 Å². The first-order valence-electron chi connectivity index (χ1n) is 4.58. The molecule has 0 aliphatic carbocycles. The Labute approximate surface area is 103 Å². The monoisotopic (exact) mass is 294 g/mol. The van der Waals surface area contributed by atoms with E-state index in [9.17, 15) is 4.39 Å². The van der Waals surface area contributed by atoms with Crippen LogP contribution in [-0.4, -0.2) is 12.3 Å². The van der Waals surface area contributed by atoms with Crippen LogP contribution in [0, 0.1) is 0 Å². The second-order valence-electron chi connectivity index (χ2n) is 3.89. The minimum absolute atomic E-state index is 0.0363. The smallest absolute Gasteiger partial charge is 0.139 e. The summed E-state index contributed by atoms with van der Waals surface area (Å²) in [5.41, 5.74) is -0.407. The van der Waals surface area contributed by atoms with Gasteiger partial charge in [0.25, 0.3) is 0 Å². The molecule has 0 saturated carbocycles. The average Bonchev–Trinajstić information content (AvgIpc) is 2.14. The van der Waals surface area contributed by atoms with E-state index in [0.29, 0.717) is 16.1 Å². The van der Waals surface area contributed by atoms with E-state index in [0.717, 1.165) is 5.56 Å². The van der Waals surface area contributed by atoms with Crippen LogP contribution in [0.4, 0.5) is 4.39 Å². The van der Waals surface area contributed by atoms with Gasteiger partial charge in [0.05, 0.1) is 0 Å². The van der Waals surface area contributed by atoms with Gasteiger partial charge < -0.3 is 4.74 Å². The van der Waals surface area contributed by atoms with Crippen molar-refractivity contribution in [3.63, 3.8) is 0 Å². The molecule has 0 unspecified atom stereocenters. The highest BCUT2D eigenvalue weighted by atomic mass is 79.9. The Balaban J connectivity index is 2.76. The number of rotatable bonds is 4. The zero-order valence-corrected chi connectivity index (χ0v) is 11.0. The van der Waals surface area contributed by atoms with Crippen molar-refractivity contribution in [1.29, 1.82) is 0 Å². The van der Waals surface area contributed by atoms with E-state index < -0.39 is 5.67 Å². The Morgan fingerprint density at radius 2 is 2.13 bits per heavy atom. The van der Waals surface area contributed by atoms with E-state index in [1.807, 2.05) is 0 Å². The highest BCUT2D eigenvalue weighted by Gasteiger charge is 2.17. The summed E-state index contributed by atoms with van der Waals surface area (Å²) in [5.74, 6) is 0.669. The van der Waals surface area contributed by atoms with Gasteiger partial charge in [-0.2, -0.15) is 0 Å². The summed E-state index contributed by atoms with van der Waals surface area (Å²) >= 11 is 9.17. The predicted molar refractivity (Wildman–Crippen MR) is 64.8 cm³/mol. The molecule has 0 spiro atoms. The zero-order chi connectivity index (χ0) is 11.5. The molecule has 0 aliphatic heterocycles. The fourth-order valence-corrected chi connectivity index (χ4v) is 1.68. The van der Waals surface area contributed by atoms with Crippen LogP contribution in [0.25, 0.3) is 0 Å². The summed E-state index contributed by atoms with van der Waals surface area (Å²) < 4.78 is 18.6. The largest absolute Gasteiger partial charge is 0.490 e. The number of alkyl halides is 2. The van der Waals surface area contributed by atoms with Gasteiger partial charge in [0.2, 0.25) is 0 Å². The molecule has 0 radical (unpaired) electrons. The van der Waals surface area contributed by atoms with E-state index in [1.54, 1.807) is 18.2 Å². The minimum atomic E-state index is -1.33. The van der Waals surface area contributed by atoms with Gasteiger partial charge in [-0.3, -0.25) is 0 Å². The molecule has 1 aromatic rings. The zero-order valence-electron chi connectivity index (χ0n) is 8.69. The standard InChI is InChI=1S/C11H13BrClFO/c1-11(2,14)7-15-10-4-3-9(13)5-8(10)6-12/h3-5H,6-7H2,1-2H3. The molecular formula is C11H13BrClFO. The topological polar surface area (TPSA) is 9.23 Å². The maximum atomic E-state index is 13.2. The Kier molecular flexibility index (Phi) is 4.41. The molecular weight excluding hydrogens is 282 g/mol. The van der Waals surface area contributed by atoms with Crippen molar-refractivity contribution in [1.82, 2.24) is 0 Å². The molecule has 0 saturated heterocycles. The molecule has 0 heterocycles. The third-order valence-electron chi connectivity index (χ3n) is 1.74. The number of hydrogen-bond acceptors (Lipinski definition) is 1. The van der Waals surface area contributed by atoms with Crippen molar-refractivity contribution >= 4 is 27.5 Å². The van der Waals surface area contributed by atoms with Gasteiger partial charge >= 0.3 is 0 Å². The molecule has 4 heteroatoms. The van der Waals surface area contributed by atoms with Crippen molar-refractivity contribution in [2.75, 3.05) is 6.61 Å². The Morgan fingerprint density at radius 1 is 1.47 bits per heavy atom. The molecule has 84 valence electrons. The van der Waals surface area contributed by atoms with Crippen LogP contribution in [-0.2, 0) is 5.33 Å². The highest BCUT2D eigenvalue weighted by molar-refractivity contribution is 9.08. The maximum Gasteiger partial charge on any atom is 0.139 e. The van der Waals surface area contributed by atoms with E-state index in [4.69, 9.17) is 16.3 Å². The lowest BCUT2D eigenvalue weighted by atomic mass is 10.2. The lowest BCUT2D eigenvalue weighted by Gasteiger charge is -2.17. The Bertz CT molecular complexity index is 336. The summed E-state index contributed by atoms with van der Waals surface area (Å²) in [6.07, 6.45) is 0. The first-order valence-corrected chi connectivity index (χ1v) is 6.08. The van der Waals surface area contributed by atoms with E-state index in [2.05, 4.69) is 15.9 Å². The molecule has 0 amide bonds. The van der Waals surface area contributed by atoms with Crippen molar-refractivity contribution < 1.29 is 9.13 Å². The van der Waals surface area contributed by atoms with Gasteiger partial charge in [-0.15, -0.1) is 0 Å². The van der Waals surface area contributed by atoms with Crippen LogP contribution in [0.3, 0.4) is 0 Å². The molecule has 1 rings (SSSR count). The molecule has 15 heavy (non-hydrogen) atoms. The van der Waals surface area contributed by atoms with Crippen molar-refractivity contribution in [3.8, 4) is 5.75 Å². The van der Waals surface area contributed by atoms with Crippen LogP contribution >= 0.6 is 27.5 Å². The van der Waals surface area contributed by atoms with Gasteiger partial charge in [0.1, 0.15) is 18.0 Å². The van der Waals surface area contributed by atoms with Crippen LogP contribution in [0.5, 0.6) is 5.75 Å². The third-order valence-corrected chi connectivity index (χ3v) is 2.58. The SMILES string of the molecule is CC(C)(F)COc1ccc(Cl)cc1CBr. The summed E-state index contributed by atoms with van der Waals surface area (Å²) in [4.78, 5) is 0. The molecule has 0 aliphatic rings. The molecule has 0 fully saturated rings. The van der Waals surface area contributed by atoms with Crippen LogP contribution in [0.1, 0.15) is 19.4 Å². The number of benzene rings is 1. The number of halogens is 3. The minimum Gasteiger partial charge on any atom is -0.490 e. The number of hydrogen-bond donors (Lipinski definition) is 0. The molecule has 0 bridgehead atoms. The van der Waals surface area contributed by atoms with Crippen LogP contribution < -0.4 is 4.74 Å². The van der Waals surface area contributed by atoms with Crippen molar-refractivity contribution in [2.45, 2.75) is 24.8 Å². The van der Waals surface area contributed by atoms with E-state index in [-0.39, 0.29) is 6.61 Å². The molecule has 0 N–H and O–H groups in total. The molecule has 1 nitrogen and oxygen atoms in total. The van der Waals surface area contributed by atoms with Gasteiger partial charge in [-0.1, -0.05) is 27.5 Å². The van der Waals surface area contributed by atoms with E-state index in [1.165, 1.54) is 13.8 Å². The Morgan fingerprint density at radius 3 is 2.67 bits per heavy atom. The number of ether oxygens (including phenoxy) is 1. The molecule has 0 atom stereocenters. The summed E-state index contributed by atoms with van der Waals surface area (Å²) in [5, 5.41) is 1.28. The maximum absolute atomic E-state index is 13.2. The van der Waals surface area contributed by atoms with Gasteiger partial charge in [-0.05, 0) is 32.0 Å². The molecule has 0 aromatic heterocycles. The first-order chi connectivity index (χ1) is 6.92. The highest BCUT2D eigenvalue weighted by Crippen LogP contribution is 2.26. The average molecular weight is 296 g/mol. The van der Waals surface area contributed by atoms with E-state index >= 15 is 0 Å². The predicted octanol–water partition coefficient (Wildman–Crippen LogP) is 4.36. The normalized spacial score (nSPS) is 11.5. The van der Waals surface area contributed by atoms with Crippen molar-refractivity contribution in [3.05, 3.63) is 28.8 Å². The van der Waals surface area contributed by atoms with Gasteiger partial charge in [-0.25, -0.2) is 4.39 Å². The second kappa shape index (κ2) is 5.17. The second-order valence-corrected chi connectivity index (χ2v) is 4.89. The summed E-state index contributed by atoms with van der Waals surface area (Å²) in [7, 11) is 0. The van der Waals surface area contributed by atoms with Gasteiger partial charge in [0.15, 0.2) is 0 Å². The Hall–Kier alpha value is -0.280. The van der Waals surface area contributed by atoms with Crippen molar-refractivity contribution in [2.24, 2.45) is 0 Å². The van der Waals surface area contributed by atoms with Crippen LogP contribution in [0.15, 0.2) is 18.2 Å². The molecule has 1 aromatic carbocycles. The fraction of sp³-hybridized carbons (Fsp3) is 0.455. The third kappa shape index (κ3) is 4.39.